The molecule has 5 heteroatoms. The number of carbonyl (C=O) groups is 2. The van der Waals surface area contributed by atoms with Crippen LogP contribution >= 0.6 is 0 Å². The van der Waals surface area contributed by atoms with Gasteiger partial charge in [0.1, 0.15) is 11.5 Å². The first-order valence-corrected chi connectivity index (χ1v) is 8.38. The van der Waals surface area contributed by atoms with Crippen LogP contribution in [0.3, 0.4) is 0 Å². The molecule has 0 aliphatic heterocycles. The lowest BCUT2D eigenvalue weighted by Gasteiger charge is -2.21. The summed E-state index contributed by atoms with van der Waals surface area (Å²) in [6.45, 7) is 2.15. The second-order valence-corrected chi connectivity index (χ2v) is 6.24. The first kappa shape index (κ1) is 17.5. The number of phenols is 2. The number of nitrogens with two attached hydrogens (primary N) is 1. The predicted molar refractivity (Wildman–Crippen MR) is 88.0 cm³/mol. The van der Waals surface area contributed by atoms with Gasteiger partial charge in [-0.1, -0.05) is 39.0 Å². The summed E-state index contributed by atoms with van der Waals surface area (Å²) in [5, 5.41) is 20.5. The van der Waals surface area contributed by atoms with Crippen molar-refractivity contribution in [1.82, 2.24) is 0 Å². The molecule has 0 spiro atoms. The number of rotatable bonds is 7. The van der Waals surface area contributed by atoms with Gasteiger partial charge in [0.25, 0.3) is 0 Å². The monoisotopic (exact) mass is 319 g/mol. The van der Waals surface area contributed by atoms with E-state index in [1.807, 2.05) is 0 Å². The van der Waals surface area contributed by atoms with E-state index in [0.29, 0.717) is 12.0 Å². The third-order valence-electron chi connectivity index (χ3n) is 4.46. The maximum absolute atomic E-state index is 12.0. The van der Waals surface area contributed by atoms with Gasteiger partial charge in [-0.3, -0.25) is 9.59 Å². The predicted octanol–water partition coefficient (Wildman–Crippen LogP) is 3.62. The Morgan fingerprint density at radius 1 is 1.04 bits per heavy atom. The quantitative estimate of drug-likeness (QED) is 0.526. The van der Waals surface area contributed by atoms with Crippen molar-refractivity contribution < 1.29 is 19.8 Å². The fourth-order valence-electron chi connectivity index (χ4n) is 3.12. The highest BCUT2D eigenvalue weighted by atomic mass is 16.3. The average Bonchev–Trinajstić information content (AvgIpc) is 2.52. The Balaban J connectivity index is 2.20. The smallest absolute Gasteiger partial charge is 0.167 e. The Kier molecular flexibility index (Phi) is 5.77. The van der Waals surface area contributed by atoms with E-state index < -0.39 is 6.04 Å². The van der Waals surface area contributed by atoms with Gasteiger partial charge in [0.05, 0.1) is 11.1 Å². The van der Waals surface area contributed by atoms with Crippen LogP contribution in [0.25, 0.3) is 0 Å². The van der Waals surface area contributed by atoms with Gasteiger partial charge in [0.2, 0.25) is 0 Å². The maximum Gasteiger partial charge on any atom is 0.167 e. The fourth-order valence-corrected chi connectivity index (χ4v) is 3.12. The highest BCUT2D eigenvalue weighted by Gasteiger charge is 2.32. The summed E-state index contributed by atoms with van der Waals surface area (Å²) >= 11 is 0. The molecule has 0 saturated carbocycles. The van der Waals surface area contributed by atoms with Crippen molar-refractivity contribution in [3.05, 3.63) is 22.8 Å². The minimum absolute atomic E-state index is 0.0577. The zero-order valence-electron chi connectivity index (χ0n) is 13.6. The van der Waals surface area contributed by atoms with Crippen LogP contribution in [0.2, 0.25) is 0 Å². The third kappa shape index (κ3) is 3.72. The number of carbonyl (C=O) groups excluding carboxylic acids is 2. The lowest BCUT2D eigenvalue weighted by Crippen LogP contribution is -2.20. The number of ketones is 2. The van der Waals surface area contributed by atoms with E-state index in [-0.39, 0.29) is 47.0 Å². The van der Waals surface area contributed by atoms with Crippen molar-refractivity contribution in [2.75, 3.05) is 0 Å². The number of unbranched alkanes of at least 4 members (excludes halogenated alkanes) is 4. The molecule has 0 fully saturated rings. The van der Waals surface area contributed by atoms with Gasteiger partial charge in [-0.15, -0.1) is 0 Å². The van der Waals surface area contributed by atoms with Crippen LogP contribution < -0.4 is 5.73 Å². The summed E-state index contributed by atoms with van der Waals surface area (Å²) < 4.78 is 0. The topological polar surface area (TPSA) is 101 Å². The van der Waals surface area contributed by atoms with Crippen LogP contribution in [0.15, 0.2) is 6.07 Å². The SMILES string of the molecule is CCCCCCCC(N)c1cc(O)c2c(c1O)C(=O)CCC2=O. The van der Waals surface area contributed by atoms with E-state index in [1.54, 1.807) is 0 Å². The summed E-state index contributed by atoms with van der Waals surface area (Å²) in [6.07, 6.45) is 6.30. The molecule has 1 aliphatic carbocycles. The highest BCUT2D eigenvalue weighted by molar-refractivity contribution is 6.16. The second kappa shape index (κ2) is 7.59. The van der Waals surface area contributed by atoms with E-state index in [4.69, 9.17) is 5.73 Å². The molecule has 0 saturated heterocycles. The number of phenolic OH excluding ortho intramolecular Hbond substituents is 2. The van der Waals surface area contributed by atoms with E-state index in [0.717, 1.165) is 19.3 Å². The van der Waals surface area contributed by atoms with Crippen molar-refractivity contribution in [3.63, 3.8) is 0 Å². The molecular weight excluding hydrogens is 294 g/mol. The van der Waals surface area contributed by atoms with Crippen LogP contribution in [0.5, 0.6) is 11.5 Å². The molecule has 1 unspecified atom stereocenters. The summed E-state index contributed by atoms with van der Waals surface area (Å²) in [7, 11) is 0. The lowest BCUT2D eigenvalue weighted by molar-refractivity contribution is 0.0884. The third-order valence-corrected chi connectivity index (χ3v) is 4.46. The molecular formula is C18H25NO4. The van der Waals surface area contributed by atoms with E-state index in [1.165, 1.54) is 18.9 Å². The molecule has 23 heavy (non-hydrogen) atoms. The zero-order valence-corrected chi connectivity index (χ0v) is 13.6. The van der Waals surface area contributed by atoms with Crippen LogP contribution in [0, 0.1) is 0 Å². The lowest BCUT2D eigenvalue weighted by atomic mass is 9.85. The molecule has 0 radical (unpaired) electrons. The van der Waals surface area contributed by atoms with Crippen LogP contribution in [-0.2, 0) is 0 Å². The van der Waals surface area contributed by atoms with Crippen molar-refractivity contribution in [2.45, 2.75) is 64.3 Å². The van der Waals surface area contributed by atoms with Gasteiger partial charge in [-0.2, -0.15) is 0 Å². The number of benzene rings is 1. The Morgan fingerprint density at radius 3 is 2.30 bits per heavy atom. The minimum Gasteiger partial charge on any atom is -0.507 e. The molecule has 0 amide bonds. The van der Waals surface area contributed by atoms with E-state index in [9.17, 15) is 19.8 Å². The number of hydrogen-bond donors (Lipinski definition) is 3. The van der Waals surface area contributed by atoms with Gasteiger partial charge in [-0.25, -0.2) is 0 Å². The van der Waals surface area contributed by atoms with E-state index in [2.05, 4.69) is 6.92 Å². The Morgan fingerprint density at radius 2 is 1.65 bits per heavy atom. The molecule has 126 valence electrons. The van der Waals surface area contributed by atoms with Gasteiger partial charge in [0, 0.05) is 24.4 Å². The van der Waals surface area contributed by atoms with Gasteiger partial charge >= 0.3 is 0 Å². The largest absolute Gasteiger partial charge is 0.507 e. The molecule has 1 atom stereocenters. The molecule has 1 aromatic carbocycles. The number of hydrogen-bond acceptors (Lipinski definition) is 5. The fraction of sp³-hybridized carbons (Fsp3) is 0.556. The number of aromatic hydroxyl groups is 2. The first-order chi connectivity index (χ1) is 11.0. The standard InChI is InChI=1S/C18H25NO4/c1-2-3-4-5-6-7-12(19)11-10-15(22)16-13(20)8-9-14(21)17(16)18(11)23/h10,12,22-23H,2-9,19H2,1H3. The van der Waals surface area contributed by atoms with Gasteiger partial charge in [-0.05, 0) is 12.5 Å². The minimum atomic E-state index is -0.461. The molecule has 4 N–H and O–H groups in total. The zero-order chi connectivity index (χ0) is 17.0. The molecule has 5 nitrogen and oxygen atoms in total. The Labute approximate surface area is 136 Å². The van der Waals surface area contributed by atoms with Crippen LogP contribution in [0.1, 0.15) is 90.6 Å². The number of Topliss-reactive ketones (excluding diaryl/α,β-unsaturated/α-hetero) is 2. The number of fused-ring (bicyclic) bond motifs is 1. The van der Waals surface area contributed by atoms with Crippen LogP contribution in [-0.4, -0.2) is 21.8 Å². The Bertz CT molecular complexity index is 610. The normalized spacial score (nSPS) is 15.6. The highest BCUT2D eigenvalue weighted by Crippen LogP contribution is 2.40. The molecule has 0 bridgehead atoms. The van der Waals surface area contributed by atoms with Crippen LogP contribution in [0.4, 0.5) is 0 Å². The van der Waals surface area contributed by atoms with Crippen molar-refractivity contribution in [3.8, 4) is 11.5 Å². The molecule has 0 aromatic heterocycles. The molecule has 1 aromatic rings. The molecule has 2 rings (SSSR count). The molecule has 1 aliphatic rings. The van der Waals surface area contributed by atoms with Crippen molar-refractivity contribution in [2.24, 2.45) is 5.73 Å². The average molecular weight is 319 g/mol. The summed E-state index contributed by atoms with van der Waals surface area (Å²) in [4.78, 5) is 24.0. The van der Waals surface area contributed by atoms with E-state index >= 15 is 0 Å². The second-order valence-electron chi connectivity index (χ2n) is 6.24. The summed E-state index contributed by atoms with van der Waals surface area (Å²) in [5.74, 6) is -1.12. The molecule has 0 heterocycles. The summed E-state index contributed by atoms with van der Waals surface area (Å²) in [6, 6.07) is 0.874. The first-order valence-electron chi connectivity index (χ1n) is 8.38. The maximum atomic E-state index is 12.0. The Hall–Kier alpha value is -1.88. The summed E-state index contributed by atoms with van der Waals surface area (Å²) in [5.41, 5.74) is 6.36. The van der Waals surface area contributed by atoms with Gasteiger partial charge in [0.15, 0.2) is 11.6 Å². The van der Waals surface area contributed by atoms with Gasteiger partial charge < -0.3 is 15.9 Å². The van der Waals surface area contributed by atoms with Crippen molar-refractivity contribution >= 4 is 11.6 Å². The van der Waals surface area contributed by atoms with Crippen molar-refractivity contribution in [1.29, 1.82) is 0 Å².